The van der Waals surface area contributed by atoms with Crippen molar-refractivity contribution in [3.05, 3.63) is 0 Å². The number of rotatable bonds is 0. The minimum atomic E-state index is 0.900. The van der Waals surface area contributed by atoms with Crippen molar-refractivity contribution in [2.75, 3.05) is 0 Å². The fourth-order valence-electron chi connectivity index (χ4n) is 5.63. The van der Waals surface area contributed by atoms with Crippen molar-refractivity contribution in [3.8, 4) is 0 Å². The van der Waals surface area contributed by atoms with Crippen LogP contribution >= 0.6 is 0 Å². The molecule has 0 aromatic rings. The maximum Gasteiger partial charge on any atom is -0.0222 e. The molecule has 4 fully saturated rings. The predicted octanol–water partition coefficient (Wildman–Crippen LogP) is 3.61. The van der Waals surface area contributed by atoms with Gasteiger partial charge in [0.2, 0.25) is 0 Å². The fraction of sp³-hybridized carbons (Fsp3) is 1.00. The van der Waals surface area contributed by atoms with Crippen LogP contribution in [0, 0.1) is 28.6 Å². The summed E-state index contributed by atoms with van der Waals surface area (Å²) in [6, 6.07) is 0. The van der Waals surface area contributed by atoms with Gasteiger partial charge in [0.25, 0.3) is 0 Å². The van der Waals surface area contributed by atoms with Gasteiger partial charge in [0, 0.05) is 0 Å². The quantitative estimate of drug-likeness (QED) is 0.529. The topological polar surface area (TPSA) is 0 Å². The minimum absolute atomic E-state index is 0.900. The van der Waals surface area contributed by atoms with Gasteiger partial charge in [-0.2, -0.15) is 0 Å². The summed E-state index contributed by atoms with van der Waals surface area (Å²) in [6.07, 6.45) is 11.1. The third-order valence-electron chi connectivity index (χ3n) is 6.04. The van der Waals surface area contributed by atoms with Crippen LogP contribution in [0.15, 0.2) is 0 Å². The predicted molar refractivity (Wildman–Crippen MR) is 53.3 cm³/mol. The van der Waals surface area contributed by atoms with Crippen molar-refractivity contribution in [3.63, 3.8) is 0 Å². The van der Waals surface area contributed by atoms with Gasteiger partial charge in [-0.15, -0.1) is 0 Å². The summed E-state index contributed by atoms with van der Waals surface area (Å²) in [4.78, 5) is 0. The molecule has 3 unspecified atom stereocenters. The van der Waals surface area contributed by atoms with Crippen molar-refractivity contribution < 1.29 is 0 Å². The first-order valence-electron chi connectivity index (χ1n) is 6.26. The molecule has 0 nitrogen and oxygen atoms in total. The Morgan fingerprint density at radius 3 is 2.23 bits per heavy atom. The molecular weight excluding hydrogens is 156 g/mol. The summed E-state index contributed by atoms with van der Waals surface area (Å²) in [7, 11) is 0. The molecule has 0 amide bonds. The first kappa shape index (κ1) is 7.31. The van der Waals surface area contributed by atoms with Crippen LogP contribution in [0.2, 0.25) is 0 Å². The average Bonchev–Trinajstić information content (AvgIpc) is 2.43. The Kier molecular flexibility index (Phi) is 1.04. The maximum absolute atomic E-state index is 2.48. The Morgan fingerprint density at radius 1 is 1.08 bits per heavy atom. The molecule has 72 valence electrons. The molecule has 4 saturated carbocycles. The fourth-order valence-corrected chi connectivity index (χ4v) is 5.63. The lowest BCUT2D eigenvalue weighted by Gasteiger charge is -2.47. The molecule has 4 aliphatic carbocycles. The van der Waals surface area contributed by atoms with Crippen molar-refractivity contribution in [2.24, 2.45) is 28.6 Å². The van der Waals surface area contributed by atoms with E-state index in [0.29, 0.717) is 0 Å². The zero-order valence-electron chi connectivity index (χ0n) is 8.68. The van der Waals surface area contributed by atoms with E-state index in [0.717, 1.165) is 16.7 Å². The van der Waals surface area contributed by atoms with Gasteiger partial charge in [-0.05, 0) is 60.7 Å². The zero-order chi connectivity index (χ0) is 8.68. The van der Waals surface area contributed by atoms with Crippen LogP contribution < -0.4 is 0 Å². The van der Waals surface area contributed by atoms with E-state index in [1.165, 1.54) is 11.8 Å². The molecule has 0 radical (unpaired) electrons. The Morgan fingerprint density at radius 2 is 1.77 bits per heavy atom. The van der Waals surface area contributed by atoms with Crippen LogP contribution in [0.5, 0.6) is 0 Å². The standard InChI is InChI=1S/C13H20/c1-9-6-10-11(9)13(10)7-12(8-13)4-2-3-5-12/h9-11H,2-8H2,1H3. The molecule has 3 atom stereocenters. The number of hydrogen-bond donors (Lipinski definition) is 0. The van der Waals surface area contributed by atoms with Crippen LogP contribution in [0.1, 0.15) is 51.9 Å². The van der Waals surface area contributed by atoms with E-state index in [2.05, 4.69) is 6.92 Å². The van der Waals surface area contributed by atoms with E-state index in [1.54, 1.807) is 44.9 Å². The monoisotopic (exact) mass is 176 g/mol. The Bertz CT molecular complexity index is 251. The Hall–Kier alpha value is 0. The van der Waals surface area contributed by atoms with Crippen molar-refractivity contribution >= 4 is 0 Å². The smallest absolute Gasteiger partial charge is 0.0222 e. The molecule has 0 bridgehead atoms. The minimum Gasteiger partial charge on any atom is -0.0622 e. The van der Waals surface area contributed by atoms with E-state index in [9.17, 15) is 0 Å². The van der Waals surface area contributed by atoms with Gasteiger partial charge in [0.15, 0.2) is 0 Å². The molecular formula is C13H20. The van der Waals surface area contributed by atoms with E-state index in [4.69, 9.17) is 0 Å². The molecule has 0 aromatic heterocycles. The highest BCUT2D eigenvalue weighted by molar-refractivity contribution is 5.27. The second-order valence-corrected chi connectivity index (χ2v) is 6.64. The lowest BCUT2D eigenvalue weighted by atomic mass is 9.57. The van der Waals surface area contributed by atoms with E-state index >= 15 is 0 Å². The van der Waals surface area contributed by atoms with Crippen molar-refractivity contribution in [2.45, 2.75) is 51.9 Å². The van der Waals surface area contributed by atoms with Gasteiger partial charge in [0.05, 0.1) is 0 Å². The van der Waals surface area contributed by atoms with Crippen LogP contribution in [0.4, 0.5) is 0 Å². The molecule has 0 aromatic carbocycles. The summed E-state index contributed by atoms with van der Waals surface area (Å²) in [5.74, 6) is 3.52. The molecule has 2 spiro atoms. The second kappa shape index (κ2) is 1.85. The second-order valence-electron chi connectivity index (χ2n) is 6.64. The first-order chi connectivity index (χ1) is 6.26. The molecule has 4 rings (SSSR count). The van der Waals surface area contributed by atoms with Gasteiger partial charge >= 0.3 is 0 Å². The third-order valence-corrected chi connectivity index (χ3v) is 6.04. The third kappa shape index (κ3) is 0.649. The van der Waals surface area contributed by atoms with Crippen LogP contribution in [0.3, 0.4) is 0 Å². The van der Waals surface area contributed by atoms with E-state index in [1.807, 2.05) is 0 Å². The molecule has 0 saturated heterocycles. The van der Waals surface area contributed by atoms with Gasteiger partial charge in [-0.25, -0.2) is 0 Å². The number of fused-ring (bicyclic) bond motifs is 3. The van der Waals surface area contributed by atoms with Crippen molar-refractivity contribution in [1.29, 1.82) is 0 Å². The molecule has 4 aliphatic rings. The van der Waals surface area contributed by atoms with Gasteiger partial charge in [0.1, 0.15) is 0 Å². The summed E-state index contributed by atoms with van der Waals surface area (Å²) in [5.41, 5.74) is 1.85. The largest absolute Gasteiger partial charge is 0.0622 e. The summed E-state index contributed by atoms with van der Waals surface area (Å²) >= 11 is 0. The number of hydrogen-bond acceptors (Lipinski definition) is 0. The molecule has 0 heteroatoms. The van der Waals surface area contributed by atoms with Crippen LogP contribution in [0.25, 0.3) is 0 Å². The molecule has 13 heavy (non-hydrogen) atoms. The molecule has 0 N–H and O–H groups in total. The normalized spacial score (nSPS) is 52.8. The van der Waals surface area contributed by atoms with E-state index in [-0.39, 0.29) is 0 Å². The summed E-state index contributed by atoms with van der Waals surface area (Å²) in [5, 5.41) is 0. The van der Waals surface area contributed by atoms with E-state index < -0.39 is 0 Å². The highest BCUT2D eigenvalue weighted by atomic mass is 14.8. The summed E-state index contributed by atoms with van der Waals surface area (Å²) < 4.78 is 0. The first-order valence-corrected chi connectivity index (χ1v) is 6.26. The molecule has 0 heterocycles. The highest BCUT2D eigenvalue weighted by Crippen LogP contribution is 2.86. The zero-order valence-corrected chi connectivity index (χ0v) is 8.68. The average molecular weight is 176 g/mol. The van der Waals surface area contributed by atoms with Crippen LogP contribution in [-0.4, -0.2) is 0 Å². The van der Waals surface area contributed by atoms with Gasteiger partial charge in [-0.1, -0.05) is 19.8 Å². The Labute approximate surface area is 81.1 Å². The van der Waals surface area contributed by atoms with Gasteiger partial charge in [-0.3, -0.25) is 0 Å². The lowest BCUT2D eigenvalue weighted by Crippen LogP contribution is -2.37. The van der Waals surface area contributed by atoms with Crippen LogP contribution in [-0.2, 0) is 0 Å². The van der Waals surface area contributed by atoms with Crippen molar-refractivity contribution in [1.82, 2.24) is 0 Å². The van der Waals surface area contributed by atoms with Gasteiger partial charge < -0.3 is 0 Å². The highest BCUT2D eigenvalue weighted by Gasteiger charge is 2.78. The maximum atomic E-state index is 2.48. The Balaban J connectivity index is 1.53. The summed E-state index contributed by atoms with van der Waals surface area (Å²) in [6.45, 7) is 2.48. The SMILES string of the molecule is CC1CC2C1C21CC2(CCCC2)C1. The lowest BCUT2D eigenvalue weighted by molar-refractivity contribution is 0.0279. The molecule has 0 aliphatic heterocycles.